The standard InChI is InChI=1S/C29H32Cl2O8S2/c1-28(2,3)17-37-40(33,34)22-11-9-21(10-12-22)39-25-14-7-19(27(32)23-16-20(30)8-13-24(23)31)15-26(25)41(35,36)38-18-29(4,5)6/h7-16H,17-18H2,1-6H3. The third-order valence-corrected chi connectivity index (χ3v) is 8.41. The quantitative estimate of drug-likeness (QED) is 0.165. The fourth-order valence-corrected chi connectivity index (χ4v) is 5.95. The molecule has 3 rings (SSSR count). The van der Waals surface area contributed by atoms with E-state index in [1.165, 1.54) is 54.6 Å². The Balaban J connectivity index is 1.99. The first-order valence-electron chi connectivity index (χ1n) is 12.5. The van der Waals surface area contributed by atoms with Crippen molar-refractivity contribution in [1.29, 1.82) is 0 Å². The monoisotopic (exact) mass is 642 g/mol. The van der Waals surface area contributed by atoms with Gasteiger partial charge in [-0.3, -0.25) is 13.2 Å². The molecule has 41 heavy (non-hydrogen) atoms. The highest BCUT2D eigenvalue weighted by Crippen LogP contribution is 2.34. The topological polar surface area (TPSA) is 113 Å². The highest BCUT2D eigenvalue weighted by molar-refractivity contribution is 7.87. The normalized spacial score (nSPS) is 12.8. The predicted octanol–water partition coefficient (Wildman–Crippen LogP) is 7.52. The summed E-state index contributed by atoms with van der Waals surface area (Å²) in [5, 5.41) is 0.433. The summed E-state index contributed by atoms with van der Waals surface area (Å²) in [4.78, 5) is 12.8. The molecule has 3 aromatic rings. The Hall–Kier alpha value is -2.47. The van der Waals surface area contributed by atoms with Crippen molar-refractivity contribution in [2.24, 2.45) is 10.8 Å². The van der Waals surface area contributed by atoms with Crippen LogP contribution < -0.4 is 4.74 Å². The number of halogens is 2. The van der Waals surface area contributed by atoms with Gasteiger partial charge in [0, 0.05) is 16.1 Å². The van der Waals surface area contributed by atoms with E-state index in [2.05, 4.69) is 0 Å². The summed E-state index contributed by atoms with van der Waals surface area (Å²) in [6.45, 7) is 10.8. The number of carbonyl (C=O) groups is 1. The molecule has 0 atom stereocenters. The molecular weight excluding hydrogens is 611 g/mol. The maximum Gasteiger partial charge on any atom is 0.300 e. The molecule has 0 aliphatic carbocycles. The lowest BCUT2D eigenvalue weighted by molar-refractivity contribution is 0.103. The first kappa shape index (κ1) is 33.0. The van der Waals surface area contributed by atoms with Crippen LogP contribution in [-0.2, 0) is 28.6 Å². The molecule has 0 aliphatic heterocycles. The molecule has 0 bridgehead atoms. The van der Waals surface area contributed by atoms with Crippen molar-refractivity contribution in [3.05, 3.63) is 81.8 Å². The third kappa shape index (κ3) is 9.26. The van der Waals surface area contributed by atoms with Gasteiger partial charge in [0.15, 0.2) is 5.78 Å². The van der Waals surface area contributed by atoms with Crippen LogP contribution in [0.4, 0.5) is 0 Å². The second-order valence-corrected chi connectivity index (χ2v) is 15.8. The van der Waals surface area contributed by atoms with Gasteiger partial charge in [0.2, 0.25) is 0 Å². The number of ether oxygens (including phenoxy) is 1. The molecule has 0 amide bonds. The summed E-state index contributed by atoms with van der Waals surface area (Å²) in [5.74, 6) is -0.544. The molecule has 0 radical (unpaired) electrons. The summed E-state index contributed by atoms with van der Waals surface area (Å²) in [6, 6.07) is 13.5. The molecule has 0 aliphatic rings. The molecule has 0 fully saturated rings. The van der Waals surface area contributed by atoms with Gasteiger partial charge in [-0.25, -0.2) is 0 Å². The Morgan fingerprint density at radius 2 is 1.29 bits per heavy atom. The lowest BCUT2D eigenvalue weighted by Gasteiger charge is -2.19. The molecule has 8 nitrogen and oxygen atoms in total. The van der Waals surface area contributed by atoms with Crippen LogP contribution in [0, 0.1) is 10.8 Å². The fraction of sp³-hybridized carbons (Fsp3) is 0.345. The maximum atomic E-state index is 13.3. The number of ketones is 1. The zero-order valence-corrected chi connectivity index (χ0v) is 26.7. The van der Waals surface area contributed by atoms with Gasteiger partial charge >= 0.3 is 10.1 Å². The van der Waals surface area contributed by atoms with Gasteiger partial charge in [-0.2, -0.15) is 16.8 Å². The molecule has 0 saturated heterocycles. The molecule has 0 N–H and O–H groups in total. The van der Waals surface area contributed by atoms with Crippen molar-refractivity contribution in [3.63, 3.8) is 0 Å². The van der Waals surface area contributed by atoms with E-state index in [-0.39, 0.29) is 56.2 Å². The van der Waals surface area contributed by atoms with Crippen molar-refractivity contribution in [3.8, 4) is 11.5 Å². The zero-order chi connectivity index (χ0) is 30.8. The molecule has 0 heterocycles. The van der Waals surface area contributed by atoms with Crippen LogP contribution in [0.3, 0.4) is 0 Å². The predicted molar refractivity (Wildman–Crippen MR) is 158 cm³/mol. The molecule has 0 spiro atoms. The maximum absolute atomic E-state index is 13.3. The number of rotatable bonds is 10. The molecule has 0 saturated carbocycles. The largest absolute Gasteiger partial charge is 0.456 e. The van der Waals surface area contributed by atoms with Crippen LogP contribution >= 0.6 is 23.2 Å². The highest BCUT2D eigenvalue weighted by atomic mass is 35.5. The zero-order valence-electron chi connectivity index (χ0n) is 23.5. The second-order valence-electron chi connectivity index (χ2n) is 11.7. The number of hydrogen-bond donors (Lipinski definition) is 0. The number of hydrogen-bond acceptors (Lipinski definition) is 8. The van der Waals surface area contributed by atoms with Crippen molar-refractivity contribution in [2.75, 3.05) is 13.2 Å². The van der Waals surface area contributed by atoms with Crippen LogP contribution in [0.1, 0.15) is 57.5 Å². The van der Waals surface area contributed by atoms with Crippen molar-refractivity contribution >= 4 is 49.2 Å². The van der Waals surface area contributed by atoms with Crippen LogP contribution in [-0.4, -0.2) is 35.8 Å². The molecule has 0 unspecified atom stereocenters. The van der Waals surface area contributed by atoms with Crippen molar-refractivity contribution in [2.45, 2.75) is 51.3 Å². The number of benzene rings is 3. The molecule has 3 aromatic carbocycles. The third-order valence-electron chi connectivity index (χ3n) is 5.28. The van der Waals surface area contributed by atoms with Gasteiger partial charge in [0.05, 0.1) is 23.1 Å². The Bertz CT molecular complexity index is 1640. The minimum absolute atomic E-state index is 0.00512. The van der Waals surface area contributed by atoms with Gasteiger partial charge in [-0.1, -0.05) is 64.7 Å². The average molecular weight is 644 g/mol. The number of carbonyl (C=O) groups excluding carboxylic acids is 1. The van der Waals surface area contributed by atoms with Crippen LogP contribution in [0.15, 0.2) is 70.5 Å². The summed E-state index contributed by atoms with van der Waals surface area (Å²) in [6.07, 6.45) is 0. The summed E-state index contributed by atoms with van der Waals surface area (Å²) < 4.78 is 68.0. The highest BCUT2D eigenvalue weighted by Gasteiger charge is 2.27. The SMILES string of the molecule is CC(C)(C)COS(=O)(=O)c1ccc(Oc2ccc(C(=O)c3cc(Cl)ccc3Cl)cc2S(=O)(=O)OCC(C)(C)C)cc1. The Labute approximate surface area is 251 Å². The van der Waals surface area contributed by atoms with Crippen molar-refractivity contribution < 1.29 is 34.7 Å². The van der Waals surface area contributed by atoms with E-state index >= 15 is 0 Å². The van der Waals surface area contributed by atoms with E-state index in [0.717, 1.165) is 6.07 Å². The smallest absolute Gasteiger partial charge is 0.300 e. The summed E-state index contributed by atoms with van der Waals surface area (Å²) in [5.41, 5.74) is -0.737. The van der Waals surface area contributed by atoms with Gasteiger partial charge in [0.25, 0.3) is 10.1 Å². The first-order chi connectivity index (χ1) is 18.8. The van der Waals surface area contributed by atoms with Gasteiger partial charge < -0.3 is 4.74 Å². The van der Waals surface area contributed by atoms with Crippen LogP contribution in [0.5, 0.6) is 11.5 Å². The van der Waals surface area contributed by atoms with Crippen molar-refractivity contribution in [1.82, 2.24) is 0 Å². The van der Waals surface area contributed by atoms with E-state index in [4.69, 9.17) is 36.3 Å². The van der Waals surface area contributed by atoms with Crippen LogP contribution in [0.25, 0.3) is 0 Å². The first-order valence-corrected chi connectivity index (χ1v) is 16.1. The Morgan fingerprint density at radius 3 is 1.85 bits per heavy atom. The Morgan fingerprint density at radius 1 is 0.732 bits per heavy atom. The lowest BCUT2D eigenvalue weighted by atomic mass is 9.99. The summed E-state index contributed by atoms with van der Waals surface area (Å²) >= 11 is 12.2. The molecule has 12 heteroatoms. The molecular formula is C29H32Cl2O8S2. The minimum Gasteiger partial charge on any atom is -0.456 e. The van der Waals surface area contributed by atoms with E-state index in [0.29, 0.717) is 0 Å². The summed E-state index contributed by atoms with van der Waals surface area (Å²) in [7, 11) is -8.42. The van der Waals surface area contributed by atoms with E-state index in [9.17, 15) is 21.6 Å². The van der Waals surface area contributed by atoms with Gasteiger partial charge in [0.1, 0.15) is 16.4 Å². The molecule has 222 valence electrons. The van der Waals surface area contributed by atoms with E-state index < -0.39 is 36.3 Å². The lowest BCUT2D eigenvalue weighted by Crippen LogP contribution is -2.19. The molecule has 0 aromatic heterocycles. The van der Waals surface area contributed by atoms with Crippen LogP contribution in [0.2, 0.25) is 10.0 Å². The second kappa shape index (κ2) is 12.4. The van der Waals surface area contributed by atoms with Gasteiger partial charge in [-0.05, 0) is 71.5 Å². The van der Waals surface area contributed by atoms with Gasteiger partial charge in [-0.15, -0.1) is 0 Å². The fourth-order valence-electron chi connectivity index (χ4n) is 3.20. The van der Waals surface area contributed by atoms with E-state index in [1.54, 1.807) is 0 Å². The van der Waals surface area contributed by atoms with E-state index in [1.807, 2.05) is 41.5 Å². The average Bonchev–Trinajstić information content (AvgIpc) is 2.87. The minimum atomic E-state index is -4.41. The Kier molecular flexibility index (Phi) is 10.00.